The van der Waals surface area contributed by atoms with E-state index in [0.29, 0.717) is 5.76 Å². The third-order valence-electron chi connectivity index (χ3n) is 5.30. The second kappa shape index (κ2) is 8.44. The first-order valence-electron chi connectivity index (χ1n) is 9.81. The first kappa shape index (κ1) is 20.3. The molecule has 3 aromatic heterocycles. The minimum atomic E-state index is -0.217. The van der Waals surface area contributed by atoms with Crippen molar-refractivity contribution in [3.8, 4) is 0 Å². The molecule has 154 valence electrons. The lowest BCUT2D eigenvalue weighted by molar-refractivity contribution is -0.0762. The van der Waals surface area contributed by atoms with Crippen LogP contribution in [0.3, 0.4) is 0 Å². The number of furan rings is 1. The van der Waals surface area contributed by atoms with E-state index in [4.69, 9.17) is 9.15 Å². The van der Waals surface area contributed by atoms with Crippen LogP contribution in [0.2, 0.25) is 0 Å². The Morgan fingerprint density at radius 2 is 1.97 bits per heavy atom. The van der Waals surface area contributed by atoms with E-state index in [1.807, 2.05) is 0 Å². The molecular weight excluding hydrogens is 404 g/mol. The second-order valence-electron chi connectivity index (χ2n) is 7.59. The van der Waals surface area contributed by atoms with E-state index in [9.17, 15) is 4.79 Å². The number of amides is 1. The molecule has 3 atom stereocenters. The van der Waals surface area contributed by atoms with E-state index < -0.39 is 0 Å². The second-order valence-corrected chi connectivity index (χ2v) is 9.79. The van der Waals surface area contributed by atoms with Crippen molar-refractivity contribution in [3.63, 3.8) is 0 Å². The Morgan fingerprint density at radius 1 is 1.21 bits per heavy atom. The van der Waals surface area contributed by atoms with Crippen molar-refractivity contribution in [1.29, 1.82) is 0 Å². The quantitative estimate of drug-likeness (QED) is 0.583. The molecule has 0 bridgehead atoms. The summed E-state index contributed by atoms with van der Waals surface area (Å²) in [6.45, 7) is 10.2. The summed E-state index contributed by atoms with van der Waals surface area (Å²) in [4.78, 5) is 17.7. The van der Waals surface area contributed by atoms with Gasteiger partial charge in [-0.05, 0) is 56.8 Å². The van der Waals surface area contributed by atoms with E-state index in [-0.39, 0.29) is 24.2 Å². The lowest BCUT2D eigenvalue weighted by Gasteiger charge is -2.40. The van der Waals surface area contributed by atoms with Crippen LogP contribution in [-0.4, -0.2) is 36.1 Å². The molecule has 3 aromatic rings. The predicted molar refractivity (Wildman–Crippen MR) is 118 cm³/mol. The minimum absolute atomic E-state index is 0.0839. The Hall–Kier alpha value is -1.93. The van der Waals surface area contributed by atoms with Crippen molar-refractivity contribution in [1.82, 2.24) is 4.90 Å². The smallest absolute Gasteiger partial charge is 0.291 e. The van der Waals surface area contributed by atoms with Crippen LogP contribution in [0.1, 0.15) is 51.3 Å². The maximum absolute atomic E-state index is 12.7. The fourth-order valence-corrected chi connectivity index (χ4v) is 5.97. The average Bonchev–Trinajstić information content (AvgIpc) is 3.41. The van der Waals surface area contributed by atoms with Gasteiger partial charge < -0.3 is 14.5 Å². The Bertz CT molecular complexity index is 953. The van der Waals surface area contributed by atoms with Gasteiger partial charge in [0.1, 0.15) is 5.00 Å². The monoisotopic (exact) mass is 430 g/mol. The van der Waals surface area contributed by atoms with Gasteiger partial charge in [0.05, 0.1) is 24.5 Å². The number of carbonyl (C=O) groups excluding carboxylic acids is 1. The molecule has 7 heteroatoms. The molecular formula is C22H26N2O3S2. The Kier molecular flexibility index (Phi) is 5.92. The molecule has 3 unspecified atom stereocenters. The van der Waals surface area contributed by atoms with Gasteiger partial charge in [-0.3, -0.25) is 9.69 Å². The van der Waals surface area contributed by atoms with Gasteiger partial charge in [-0.1, -0.05) is 6.07 Å². The van der Waals surface area contributed by atoms with E-state index in [2.05, 4.69) is 55.4 Å². The van der Waals surface area contributed by atoms with E-state index in [1.165, 1.54) is 27.1 Å². The number of anilines is 1. The largest absolute Gasteiger partial charge is 0.459 e. The van der Waals surface area contributed by atoms with Crippen LogP contribution in [-0.2, 0) is 4.74 Å². The highest BCUT2D eigenvalue weighted by atomic mass is 32.1. The number of morpholine rings is 1. The van der Waals surface area contributed by atoms with Gasteiger partial charge >= 0.3 is 0 Å². The third kappa shape index (κ3) is 4.19. The molecule has 1 aliphatic heterocycles. The number of carbonyl (C=O) groups is 1. The van der Waals surface area contributed by atoms with Gasteiger partial charge in [0.15, 0.2) is 5.76 Å². The number of ether oxygens (including phenoxy) is 1. The highest BCUT2D eigenvalue weighted by Gasteiger charge is 2.34. The summed E-state index contributed by atoms with van der Waals surface area (Å²) in [5.41, 5.74) is 2.41. The van der Waals surface area contributed by atoms with Gasteiger partial charge in [-0.25, -0.2) is 0 Å². The van der Waals surface area contributed by atoms with Crippen LogP contribution in [0.25, 0.3) is 0 Å². The average molecular weight is 431 g/mol. The number of nitrogens with one attached hydrogen (secondary N) is 1. The maximum Gasteiger partial charge on any atom is 0.291 e. The lowest BCUT2D eigenvalue weighted by Crippen LogP contribution is -2.47. The van der Waals surface area contributed by atoms with Gasteiger partial charge in [-0.2, -0.15) is 0 Å². The maximum atomic E-state index is 12.7. The zero-order valence-electron chi connectivity index (χ0n) is 17.1. The Morgan fingerprint density at radius 3 is 2.59 bits per heavy atom. The fourth-order valence-electron chi connectivity index (χ4n) is 4.02. The van der Waals surface area contributed by atoms with Crippen LogP contribution in [0, 0.1) is 13.8 Å². The van der Waals surface area contributed by atoms with E-state index in [0.717, 1.165) is 18.1 Å². The van der Waals surface area contributed by atoms with Crippen LogP contribution in [0.15, 0.2) is 40.3 Å². The number of nitrogens with zero attached hydrogens (tertiary/aromatic N) is 1. The van der Waals surface area contributed by atoms with Crippen LogP contribution >= 0.6 is 22.7 Å². The first-order chi connectivity index (χ1) is 13.9. The molecule has 29 heavy (non-hydrogen) atoms. The van der Waals surface area contributed by atoms with Crippen molar-refractivity contribution in [2.24, 2.45) is 0 Å². The highest BCUT2D eigenvalue weighted by Crippen LogP contribution is 2.44. The molecule has 1 N–H and O–H groups in total. The molecule has 0 spiro atoms. The summed E-state index contributed by atoms with van der Waals surface area (Å²) >= 11 is 3.39. The summed E-state index contributed by atoms with van der Waals surface area (Å²) in [5.74, 6) is 0.104. The molecule has 0 aliphatic carbocycles. The highest BCUT2D eigenvalue weighted by molar-refractivity contribution is 7.16. The number of hydrogen-bond acceptors (Lipinski definition) is 6. The zero-order chi connectivity index (χ0) is 20.5. The number of aryl methyl sites for hydroxylation is 1. The van der Waals surface area contributed by atoms with E-state index >= 15 is 0 Å². The summed E-state index contributed by atoms with van der Waals surface area (Å²) in [6, 6.07) is 7.78. The van der Waals surface area contributed by atoms with Crippen LogP contribution in [0.5, 0.6) is 0 Å². The number of hydrogen-bond donors (Lipinski definition) is 1. The van der Waals surface area contributed by atoms with Crippen LogP contribution in [0.4, 0.5) is 5.00 Å². The predicted octanol–water partition coefficient (Wildman–Crippen LogP) is 5.47. The summed E-state index contributed by atoms with van der Waals surface area (Å²) < 4.78 is 11.3. The zero-order valence-corrected chi connectivity index (χ0v) is 18.7. The molecule has 1 amide bonds. The molecule has 1 aliphatic rings. The number of thiophene rings is 2. The minimum Gasteiger partial charge on any atom is -0.459 e. The van der Waals surface area contributed by atoms with E-state index in [1.54, 1.807) is 34.8 Å². The topological polar surface area (TPSA) is 54.7 Å². The molecule has 1 fully saturated rings. The van der Waals surface area contributed by atoms with Gasteiger partial charge in [0, 0.05) is 28.4 Å². The standard InChI is InChI=1S/C22H26N2O3S2/c1-13-11-24(12-14(2)27-13)20(18-8-6-10-28-18)19-15(3)16(4)29-22(19)23-21(25)17-7-5-9-26-17/h5-10,13-14,20H,11-12H2,1-4H3,(H,23,25). The Balaban J connectivity index is 1.75. The summed E-state index contributed by atoms with van der Waals surface area (Å²) in [6.07, 6.45) is 1.86. The molecule has 0 aromatic carbocycles. The molecule has 4 rings (SSSR count). The summed E-state index contributed by atoms with van der Waals surface area (Å²) in [5, 5.41) is 6.12. The van der Waals surface area contributed by atoms with Crippen molar-refractivity contribution in [2.75, 3.05) is 18.4 Å². The molecule has 1 saturated heterocycles. The van der Waals surface area contributed by atoms with Crippen LogP contribution < -0.4 is 5.32 Å². The lowest BCUT2D eigenvalue weighted by atomic mass is 9.99. The number of rotatable bonds is 5. The van der Waals surface area contributed by atoms with Crippen molar-refractivity contribution in [3.05, 3.63) is 62.6 Å². The van der Waals surface area contributed by atoms with Gasteiger partial charge in [-0.15, -0.1) is 22.7 Å². The van der Waals surface area contributed by atoms with Gasteiger partial charge in [0.2, 0.25) is 0 Å². The molecule has 4 heterocycles. The van der Waals surface area contributed by atoms with Gasteiger partial charge in [0.25, 0.3) is 5.91 Å². The van der Waals surface area contributed by atoms with Crippen molar-refractivity contribution < 1.29 is 13.9 Å². The van der Waals surface area contributed by atoms with Crippen molar-refractivity contribution >= 4 is 33.6 Å². The van der Waals surface area contributed by atoms with Crippen molar-refractivity contribution in [2.45, 2.75) is 45.9 Å². The first-order valence-corrected chi connectivity index (χ1v) is 11.5. The Labute approximate surface area is 179 Å². The third-order valence-corrected chi connectivity index (χ3v) is 7.37. The summed E-state index contributed by atoms with van der Waals surface area (Å²) in [7, 11) is 0. The molecule has 0 saturated carbocycles. The normalized spacial score (nSPS) is 21.2. The molecule has 0 radical (unpaired) electrons. The molecule has 5 nitrogen and oxygen atoms in total. The fraction of sp³-hybridized carbons (Fsp3) is 0.409. The SMILES string of the molecule is Cc1sc(NC(=O)c2ccco2)c(C(c2cccs2)N2CC(C)OC(C)C2)c1C.